The van der Waals surface area contributed by atoms with Crippen molar-refractivity contribution in [2.45, 2.75) is 12.8 Å². The Hall–Kier alpha value is -1.58. The van der Waals surface area contributed by atoms with Gasteiger partial charge in [0, 0.05) is 6.42 Å². The first-order chi connectivity index (χ1) is 9.56. The number of para-hydroxylation sites is 1. The van der Waals surface area contributed by atoms with Gasteiger partial charge in [0.2, 0.25) is 5.91 Å². The zero-order valence-electron chi connectivity index (χ0n) is 10.5. The Kier molecular flexibility index (Phi) is 4.99. The first-order valence-corrected chi connectivity index (χ1v) is 6.80. The molecule has 0 saturated carbocycles. The molecular weight excluding hydrogens is 300 g/mol. The Bertz CT molecular complexity index is 631. The van der Waals surface area contributed by atoms with Crippen LogP contribution in [0.1, 0.15) is 12.0 Å². The van der Waals surface area contributed by atoms with E-state index in [1.165, 1.54) is 12.1 Å². The predicted octanol–water partition coefficient (Wildman–Crippen LogP) is 4.70. The second-order valence-corrected chi connectivity index (χ2v) is 5.09. The summed E-state index contributed by atoms with van der Waals surface area (Å²) in [5, 5.41) is 3.47. The summed E-state index contributed by atoms with van der Waals surface area (Å²) < 4.78 is 13.4. The lowest BCUT2D eigenvalue weighted by Gasteiger charge is -2.06. The van der Waals surface area contributed by atoms with E-state index < -0.39 is 5.82 Å². The molecule has 0 aliphatic heterocycles. The minimum absolute atomic E-state index is 0.187. The molecule has 1 amide bonds. The highest BCUT2D eigenvalue weighted by Gasteiger charge is 2.07. The van der Waals surface area contributed by atoms with Crippen LogP contribution >= 0.6 is 23.2 Å². The molecule has 2 nitrogen and oxygen atoms in total. The minimum Gasteiger partial charge on any atom is -0.324 e. The number of hydrogen-bond donors (Lipinski definition) is 1. The fraction of sp³-hybridized carbons (Fsp3) is 0.133. The van der Waals surface area contributed by atoms with Gasteiger partial charge in [-0.3, -0.25) is 4.79 Å². The van der Waals surface area contributed by atoms with Gasteiger partial charge in [-0.25, -0.2) is 4.39 Å². The van der Waals surface area contributed by atoms with E-state index in [4.69, 9.17) is 23.2 Å². The number of amides is 1. The number of benzene rings is 2. The van der Waals surface area contributed by atoms with Crippen molar-refractivity contribution in [2.24, 2.45) is 0 Å². The van der Waals surface area contributed by atoms with Crippen LogP contribution in [0.5, 0.6) is 0 Å². The number of carbonyl (C=O) groups excluding carboxylic acids is 1. The number of aryl methyl sites for hydroxylation is 1. The van der Waals surface area contributed by atoms with Crippen molar-refractivity contribution in [1.82, 2.24) is 0 Å². The SMILES string of the molecule is O=C(CCc1ccc(Cl)c(Cl)c1)Nc1ccccc1F. The Labute approximate surface area is 126 Å². The van der Waals surface area contributed by atoms with Crippen molar-refractivity contribution in [3.63, 3.8) is 0 Å². The quantitative estimate of drug-likeness (QED) is 0.871. The van der Waals surface area contributed by atoms with Crippen LogP contribution in [-0.4, -0.2) is 5.91 Å². The largest absolute Gasteiger partial charge is 0.324 e. The van der Waals surface area contributed by atoms with Crippen molar-refractivity contribution >= 4 is 34.8 Å². The van der Waals surface area contributed by atoms with E-state index in [0.29, 0.717) is 16.5 Å². The molecule has 2 aromatic carbocycles. The van der Waals surface area contributed by atoms with Crippen molar-refractivity contribution in [3.05, 3.63) is 63.9 Å². The van der Waals surface area contributed by atoms with Crippen molar-refractivity contribution in [2.75, 3.05) is 5.32 Å². The van der Waals surface area contributed by atoms with Gasteiger partial charge in [-0.15, -0.1) is 0 Å². The summed E-state index contributed by atoms with van der Waals surface area (Å²) in [5.74, 6) is -0.698. The maximum atomic E-state index is 13.4. The summed E-state index contributed by atoms with van der Waals surface area (Å²) in [6, 6.07) is 11.3. The van der Waals surface area contributed by atoms with Gasteiger partial charge in [0.25, 0.3) is 0 Å². The molecule has 0 atom stereocenters. The molecule has 0 fully saturated rings. The predicted molar refractivity (Wildman–Crippen MR) is 79.8 cm³/mol. The Morgan fingerprint density at radius 1 is 1.10 bits per heavy atom. The van der Waals surface area contributed by atoms with Crippen LogP contribution in [-0.2, 0) is 11.2 Å². The lowest BCUT2D eigenvalue weighted by molar-refractivity contribution is -0.116. The molecule has 0 aliphatic carbocycles. The number of nitrogens with one attached hydrogen (secondary N) is 1. The van der Waals surface area contributed by atoms with E-state index in [1.807, 2.05) is 6.07 Å². The highest BCUT2D eigenvalue weighted by molar-refractivity contribution is 6.42. The van der Waals surface area contributed by atoms with Crippen LogP contribution < -0.4 is 5.32 Å². The number of rotatable bonds is 4. The summed E-state index contributed by atoms with van der Waals surface area (Å²) >= 11 is 11.7. The lowest BCUT2D eigenvalue weighted by Crippen LogP contribution is -2.13. The summed E-state index contributed by atoms with van der Waals surface area (Å²) in [7, 11) is 0. The molecule has 0 bridgehead atoms. The van der Waals surface area contributed by atoms with Gasteiger partial charge in [-0.2, -0.15) is 0 Å². The third-order valence-corrected chi connectivity index (χ3v) is 3.51. The molecule has 2 aromatic rings. The summed E-state index contributed by atoms with van der Waals surface area (Å²) in [4.78, 5) is 11.8. The highest BCUT2D eigenvalue weighted by Crippen LogP contribution is 2.23. The van der Waals surface area contributed by atoms with Crippen LogP contribution in [0.4, 0.5) is 10.1 Å². The molecule has 5 heteroatoms. The van der Waals surface area contributed by atoms with E-state index in [9.17, 15) is 9.18 Å². The fourth-order valence-electron chi connectivity index (χ4n) is 1.73. The Morgan fingerprint density at radius 3 is 2.55 bits per heavy atom. The average molecular weight is 312 g/mol. The third kappa shape index (κ3) is 3.95. The molecule has 2 rings (SSSR count). The third-order valence-electron chi connectivity index (χ3n) is 2.77. The Morgan fingerprint density at radius 2 is 1.85 bits per heavy atom. The Balaban J connectivity index is 1.92. The topological polar surface area (TPSA) is 29.1 Å². The smallest absolute Gasteiger partial charge is 0.224 e. The number of carbonyl (C=O) groups is 1. The fourth-order valence-corrected chi connectivity index (χ4v) is 2.05. The lowest BCUT2D eigenvalue weighted by atomic mass is 10.1. The number of halogens is 3. The van der Waals surface area contributed by atoms with Gasteiger partial charge in [0.05, 0.1) is 15.7 Å². The van der Waals surface area contributed by atoms with E-state index in [2.05, 4.69) is 5.32 Å². The first-order valence-electron chi connectivity index (χ1n) is 6.04. The standard InChI is InChI=1S/C15H12Cl2FNO/c16-11-7-5-10(9-12(11)17)6-8-15(20)19-14-4-2-1-3-13(14)18/h1-5,7,9H,6,8H2,(H,19,20). The van der Waals surface area contributed by atoms with Gasteiger partial charge < -0.3 is 5.32 Å². The molecule has 0 heterocycles. The van der Waals surface area contributed by atoms with Crippen LogP contribution in [0.2, 0.25) is 10.0 Å². The van der Waals surface area contributed by atoms with Crippen LogP contribution in [0, 0.1) is 5.82 Å². The molecule has 0 saturated heterocycles. The van der Waals surface area contributed by atoms with Crippen LogP contribution in [0.3, 0.4) is 0 Å². The van der Waals surface area contributed by atoms with E-state index in [0.717, 1.165) is 5.56 Å². The first kappa shape index (κ1) is 14.8. The monoisotopic (exact) mass is 311 g/mol. The maximum Gasteiger partial charge on any atom is 0.224 e. The molecule has 0 aliphatic rings. The molecule has 104 valence electrons. The van der Waals surface area contributed by atoms with Gasteiger partial charge >= 0.3 is 0 Å². The van der Waals surface area contributed by atoms with E-state index >= 15 is 0 Å². The molecule has 1 N–H and O–H groups in total. The van der Waals surface area contributed by atoms with Crippen LogP contribution in [0.15, 0.2) is 42.5 Å². The minimum atomic E-state index is -0.449. The average Bonchev–Trinajstić information content (AvgIpc) is 2.43. The zero-order valence-corrected chi connectivity index (χ0v) is 12.0. The summed E-state index contributed by atoms with van der Waals surface area (Å²) in [5.41, 5.74) is 1.09. The molecule has 0 radical (unpaired) electrons. The van der Waals surface area contributed by atoms with Crippen molar-refractivity contribution in [1.29, 1.82) is 0 Å². The van der Waals surface area contributed by atoms with Crippen LogP contribution in [0.25, 0.3) is 0 Å². The second kappa shape index (κ2) is 6.73. The molecule has 20 heavy (non-hydrogen) atoms. The molecule has 0 unspecified atom stereocenters. The van der Waals surface area contributed by atoms with E-state index in [1.54, 1.807) is 24.3 Å². The normalized spacial score (nSPS) is 10.3. The van der Waals surface area contributed by atoms with Gasteiger partial charge in [0.1, 0.15) is 5.82 Å². The maximum absolute atomic E-state index is 13.4. The second-order valence-electron chi connectivity index (χ2n) is 4.28. The molecular formula is C15H12Cl2FNO. The highest BCUT2D eigenvalue weighted by atomic mass is 35.5. The van der Waals surface area contributed by atoms with E-state index in [-0.39, 0.29) is 18.0 Å². The van der Waals surface area contributed by atoms with Gasteiger partial charge in [0.15, 0.2) is 0 Å². The van der Waals surface area contributed by atoms with Crippen molar-refractivity contribution in [3.8, 4) is 0 Å². The number of hydrogen-bond acceptors (Lipinski definition) is 1. The summed E-state index contributed by atoms with van der Waals surface area (Å²) in [6.07, 6.45) is 0.753. The molecule has 0 aromatic heterocycles. The number of anilines is 1. The van der Waals surface area contributed by atoms with Gasteiger partial charge in [-0.1, -0.05) is 41.4 Å². The van der Waals surface area contributed by atoms with Crippen molar-refractivity contribution < 1.29 is 9.18 Å². The molecule has 0 spiro atoms. The summed E-state index contributed by atoms with van der Waals surface area (Å²) in [6.45, 7) is 0. The van der Waals surface area contributed by atoms with Gasteiger partial charge in [-0.05, 0) is 36.2 Å². The zero-order chi connectivity index (χ0) is 14.5.